The van der Waals surface area contributed by atoms with Gasteiger partial charge in [0.05, 0.1) is 11.4 Å². The molecule has 148 valence electrons. The molecule has 0 unspecified atom stereocenters. The Bertz CT molecular complexity index is 1140. The summed E-state index contributed by atoms with van der Waals surface area (Å²) in [5.74, 6) is -0.261. The van der Waals surface area contributed by atoms with E-state index in [0.29, 0.717) is 13.0 Å². The number of hydrogen-bond acceptors (Lipinski definition) is 3. The molecule has 3 aromatic rings. The Morgan fingerprint density at radius 3 is 2.31 bits per heavy atom. The molecule has 0 radical (unpaired) electrons. The normalized spacial score (nSPS) is 16.5. The third-order valence-corrected chi connectivity index (χ3v) is 6.84. The molecule has 3 aromatic carbocycles. The van der Waals surface area contributed by atoms with Crippen LogP contribution in [0.15, 0.2) is 88.2 Å². The zero-order chi connectivity index (χ0) is 20.4. The van der Waals surface area contributed by atoms with Crippen molar-refractivity contribution in [1.82, 2.24) is 4.72 Å². The molecule has 0 fully saturated rings. The highest BCUT2D eigenvalue weighted by Gasteiger charge is 2.35. The molecule has 1 aliphatic heterocycles. The van der Waals surface area contributed by atoms with Crippen LogP contribution in [-0.2, 0) is 27.8 Å². The Morgan fingerprint density at radius 1 is 0.966 bits per heavy atom. The van der Waals surface area contributed by atoms with Gasteiger partial charge in [-0.05, 0) is 47.9 Å². The molecule has 1 N–H and O–H groups in total. The Morgan fingerprint density at radius 2 is 1.62 bits per heavy atom. The van der Waals surface area contributed by atoms with Crippen molar-refractivity contribution in [3.8, 4) is 0 Å². The Labute approximate surface area is 178 Å². The van der Waals surface area contributed by atoms with Gasteiger partial charge in [0.25, 0.3) is 0 Å². The quantitative estimate of drug-likeness (QED) is 0.614. The molecule has 0 bridgehead atoms. The number of hydrogen-bond donors (Lipinski definition) is 1. The first-order valence-electron chi connectivity index (χ1n) is 9.15. The second-order valence-electron chi connectivity index (χ2n) is 6.87. The molecular weight excluding hydrogens is 452 g/mol. The van der Waals surface area contributed by atoms with Crippen molar-refractivity contribution in [2.24, 2.45) is 0 Å². The van der Waals surface area contributed by atoms with Crippen molar-refractivity contribution in [2.75, 3.05) is 4.90 Å². The lowest BCUT2D eigenvalue weighted by molar-refractivity contribution is -0.120. The summed E-state index contributed by atoms with van der Waals surface area (Å²) in [5, 5.41) is 0. The van der Waals surface area contributed by atoms with Crippen LogP contribution in [0, 0.1) is 0 Å². The molecule has 0 aliphatic carbocycles. The average Bonchev–Trinajstić information content (AvgIpc) is 2.72. The number of anilines is 1. The summed E-state index contributed by atoms with van der Waals surface area (Å²) < 4.78 is 29.1. The van der Waals surface area contributed by atoms with Crippen molar-refractivity contribution in [3.05, 3.63) is 94.5 Å². The summed E-state index contributed by atoms with van der Waals surface area (Å²) in [4.78, 5) is 15.1. The van der Waals surface area contributed by atoms with Crippen LogP contribution in [0.25, 0.3) is 0 Å². The number of carbonyl (C=O) groups is 1. The van der Waals surface area contributed by atoms with Gasteiger partial charge >= 0.3 is 0 Å². The monoisotopic (exact) mass is 470 g/mol. The first kappa shape index (κ1) is 19.8. The van der Waals surface area contributed by atoms with Crippen molar-refractivity contribution in [1.29, 1.82) is 0 Å². The largest absolute Gasteiger partial charge is 0.306 e. The van der Waals surface area contributed by atoms with Gasteiger partial charge in [0, 0.05) is 10.2 Å². The van der Waals surface area contributed by atoms with E-state index in [1.165, 1.54) is 12.1 Å². The number of halogens is 1. The Hall–Kier alpha value is -2.48. The molecule has 1 amide bonds. The summed E-state index contributed by atoms with van der Waals surface area (Å²) in [6.07, 6.45) is 0.297. The predicted molar refractivity (Wildman–Crippen MR) is 116 cm³/mol. The van der Waals surface area contributed by atoms with Gasteiger partial charge in [-0.1, -0.05) is 64.5 Å². The molecule has 0 aromatic heterocycles. The Kier molecular flexibility index (Phi) is 5.54. The van der Waals surface area contributed by atoms with Crippen molar-refractivity contribution in [3.63, 3.8) is 0 Å². The lowest BCUT2D eigenvalue weighted by Crippen LogP contribution is -2.52. The summed E-state index contributed by atoms with van der Waals surface area (Å²) >= 11 is 3.47. The van der Waals surface area contributed by atoms with Crippen LogP contribution < -0.4 is 9.62 Å². The number of sulfonamides is 1. The zero-order valence-electron chi connectivity index (χ0n) is 15.5. The van der Waals surface area contributed by atoms with Gasteiger partial charge in [0.15, 0.2) is 0 Å². The van der Waals surface area contributed by atoms with Crippen molar-refractivity contribution < 1.29 is 13.2 Å². The minimum Gasteiger partial charge on any atom is -0.306 e. The van der Waals surface area contributed by atoms with E-state index in [9.17, 15) is 13.2 Å². The van der Waals surface area contributed by atoms with Gasteiger partial charge < -0.3 is 4.90 Å². The Balaban J connectivity index is 1.68. The van der Waals surface area contributed by atoms with E-state index >= 15 is 0 Å². The van der Waals surface area contributed by atoms with E-state index in [2.05, 4.69) is 20.7 Å². The summed E-state index contributed by atoms with van der Waals surface area (Å²) in [6, 6.07) is 22.6. The molecular formula is C22H19BrN2O3S. The van der Waals surface area contributed by atoms with Crippen LogP contribution in [0.2, 0.25) is 0 Å². The minimum absolute atomic E-state index is 0.141. The number of carbonyl (C=O) groups excluding carboxylic acids is 1. The van der Waals surface area contributed by atoms with Crippen molar-refractivity contribution >= 4 is 37.5 Å². The number of nitrogens with one attached hydrogen (secondary N) is 1. The number of nitrogens with zero attached hydrogens (tertiary/aromatic N) is 1. The maximum Gasteiger partial charge on any atom is 0.245 e. The lowest BCUT2D eigenvalue weighted by atomic mass is 9.97. The van der Waals surface area contributed by atoms with Gasteiger partial charge in [-0.15, -0.1) is 0 Å². The van der Waals surface area contributed by atoms with Crippen LogP contribution in [0.1, 0.15) is 11.1 Å². The molecule has 1 atom stereocenters. The van der Waals surface area contributed by atoms with E-state index in [1.807, 2.05) is 48.5 Å². The fourth-order valence-electron chi connectivity index (χ4n) is 3.47. The number of rotatable bonds is 5. The van der Waals surface area contributed by atoms with Crippen LogP contribution >= 0.6 is 15.9 Å². The van der Waals surface area contributed by atoms with Crippen LogP contribution in [0.3, 0.4) is 0 Å². The molecule has 1 aliphatic rings. The van der Waals surface area contributed by atoms with E-state index in [1.54, 1.807) is 23.1 Å². The highest BCUT2D eigenvalue weighted by Crippen LogP contribution is 2.32. The average molecular weight is 471 g/mol. The maximum absolute atomic E-state index is 13.3. The number of amides is 1. The maximum atomic E-state index is 13.3. The highest BCUT2D eigenvalue weighted by atomic mass is 79.9. The first-order valence-corrected chi connectivity index (χ1v) is 11.4. The second kappa shape index (κ2) is 8.10. The van der Waals surface area contributed by atoms with Gasteiger partial charge in [0.2, 0.25) is 15.9 Å². The van der Waals surface area contributed by atoms with Crippen molar-refractivity contribution in [2.45, 2.75) is 23.9 Å². The second-order valence-corrected chi connectivity index (χ2v) is 9.50. The molecule has 7 heteroatoms. The third-order valence-electron chi connectivity index (χ3n) is 4.85. The summed E-state index contributed by atoms with van der Waals surface area (Å²) in [5.41, 5.74) is 2.69. The SMILES string of the molecule is O=C1[C@@H](NS(=O)(=O)c2ccccc2)Cc2cc(Br)ccc2N1Cc1ccccc1. The number of benzene rings is 3. The standard InChI is InChI=1S/C22H19BrN2O3S/c23-18-11-12-21-17(13-18)14-20(24-29(27,28)19-9-5-2-6-10-19)22(26)25(21)15-16-7-3-1-4-8-16/h1-13,20,24H,14-15H2/t20-/m0/s1. The van der Waals surface area contributed by atoms with E-state index in [4.69, 9.17) is 0 Å². The first-order chi connectivity index (χ1) is 13.9. The summed E-state index contributed by atoms with van der Waals surface area (Å²) in [6.45, 7) is 0.373. The van der Waals surface area contributed by atoms with Crippen LogP contribution in [0.5, 0.6) is 0 Å². The third kappa shape index (κ3) is 4.27. The van der Waals surface area contributed by atoms with Gasteiger partial charge in [0.1, 0.15) is 6.04 Å². The van der Waals surface area contributed by atoms with E-state index < -0.39 is 16.1 Å². The fraction of sp³-hybridized carbons (Fsp3) is 0.136. The van der Waals surface area contributed by atoms with E-state index in [0.717, 1.165) is 21.3 Å². The summed E-state index contributed by atoms with van der Waals surface area (Å²) in [7, 11) is -3.81. The van der Waals surface area contributed by atoms with Gasteiger partial charge in [-0.3, -0.25) is 4.79 Å². The zero-order valence-corrected chi connectivity index (χ0v) is 17.9. The molecule has 0 spiro atoms. The van der Waals surface area contributed by atoms with E-state index in [-0.39, 0.29) is 10.8 Å². The molecule has 0 saturated heterocycles. The van der Waals surface area contributed by atoms with Gasteiger partial charge in [-0.25, -0.2) is 8.42 Å². The highest BCUT2D eigenvalue weighted by molar-refractivity contribution is 9.10. The molecule has 5 nitrogen and oxygen atoms in total. The topological polar surface area (TPSA) is 66.5 Å². The van der Waals surface area contributed by atoms with Crippen LogP contribution in [0.4, 0.5) is 5.69 Å². The number of fused-ring (bicyclic) bond motifs is 1. The molecule has 4 rings (SSSR count). The fourth-order valence-corrected chi connectivity index (χ4v) is 5.09. The molecule has 0 saturated carbocycles. The smallest absolute Gasteiger partial charge is 0.245 e. The van der Waals surface area contributed by atoms with Gasteiger partial charge in [-0.2, -0.15) is 4.72 Å². The lowest BCUT2D eigenvalue weighted by Gasteiger charge is -2.34. The predicted octanol–water partition coefficient (Wildman–Crippen LogP) is 3.89. The molecule has 1 heterocycles. The molecule has 29 heavy (non-hydrogen) atoms. The minimum atomic E-state index is -3.81. The van der Waals surface area contributed by atoms with Crippen LogP contribution in [-0.4, -0.2) is 20.4 Å².